The van der Waals surface area contributed by atoms with Crippen LogP contribution in [-0.2, 0) is 21.1 Å². The summed E-state index contributed by atoms with van der Waals surface area (Å²) in [4.78, 5) is 11.6. The lowest BCUT2D eigenvalue weighted by Gasteiger charge is -2.06. The molecular weight excluding hydrogens is 250 g/mol. The molecule has 4 nitrogen and oxygen atoms in total. The van der Waals surface area contributed by atoms with Crippen molar-refractivity contribution in [3.8, 4) is 0 Å². The molecule has 1 aromatic carbocycles. The van der Waals surface area contributed by atoms with Crippen LogP contribution in [0.3, 0.4) is 0 Å². The molecule has 1 amide bonds. The third-order valence-corrected chi connectivity index (χ3v) is 3.57. The minimum atomic E-state index is -2.98. The summed E-state index contributed by atoms with van der Waals surface area (Å²) in [6.07, 6.45) is 2.68. The first-order valence-electron chi connectivity index (χ1n) is 5.97. The number of amides is 1. The summed E-state index contributed by atoms with van der Waals surface area (Å²) in [5.74, 6) is -0.0954. The molecule has 1 aromatic rings. The molecule has 0 aliphatic rings. The SMILES string of the molecule is CCc1cccc(NC(=O)CCCS(C)(=O)=O)c1. The van der Waals surface area contributed by atoms with Crippen LogP contribution < -0.4 is 5.32 Å². The van der Waals surface area contributed by atoms with Crippen molar-refractivity contribution < 1.29 is 13.2 Å². The molecule has 0 spiro atoms. The van der Waals surface area contributed by atoms with Crippen LogP contribution in [0.2, 0.25) is 0 Å². The number of aryl methyl sites for hydroxylation is 1. The van der Waals surface area contributed by atoms with Crippen molar-refractivity contribution >= 4 is 21.4 Å². The zero-order chi connectivity index (χ0) is 13.6. The summed E-state index contributed by atoms with van der Waals surface area (Å²) in [5, 5.41) is 2.77. The van der Waals surface area contributed by atoms with Gasteiger partial charge in [-0.05, 0) is 30.5 Å². The number of benzene rings is 1. The fourth-order valence-corrected chi connectivity index (χ4v) is 2.26. The Morgan fingerprint density at radius 2 is 2.06 bits per heavy atom. The van der Waals surface area contributed by atoms with Crippen molar-refractivity contribution in [2.24, 2.45) is 0 Å². The van der Waals surface area contributed by atoms with Crippen LogP contribution in [0, 0.1) is 0 Å². The smallest absolute Gasteiger partial charge is 0.224 e. The number of hydrogen-bond donors (Lipinski definition) is 1. The van der Waals surface area contributed by atoms with Gasteiger partial charge in [0.05, 0.1) is 5.75 Å². The summed E-state index contributed by atoms with van der Waals surface area (Å²) in [7, 11) is -2.98. The summed E-state index contributed by atoms with van der Waals surface area (Å²) >= 11 is 0. The molecule has 0 bridgehead atoms. The molecule has 1 rings (SSSR count). The predicted molar refractivity (Wildman–Crippen MR) is 73.4 cm³/mol. The van der Waals surface area contributed by atoms with Gasteiger partial charge in [-0.15, -0.1) is 0 Å². The van der Waals surface area contributed by atoms with Crippen molar-refractivity contribution in [3.05, 3.63) is 29.8 Å². The van der Waals surface area contributed by atoms with Crippen molar-refractivity contribution in [1.29, 1.82) is 0 Å². The number of rotatable bonds is 6. The first-order valence-corrected chi connectivity index (χ1v) is 8.03. The molecule has 1 N–H and O–H groups in total. The minimum Gasteiger partial charge on any atom is -0.326 e. The quantitative estimate of drug-likeness (QED) is 0.859. The van der Waals surface area contributed by atoms with Gasteiger partial charge in [-0.1, -0.05) is 19.1 Å². The van der Waals surface area contributed by atoms with Crippen LogP contribution >= 0.6 is 0 Å². The predicted octanol–water partition coefficient (Wildman–Crippen LogP) is 2.01. The Kier molecular flexibility index (Phi) is 5.34. The molecule has 0 unspecified atom stereocenters. The molecule has 0 radical (unpaired) electrons. The van der Waals surface area contributed by atoms with Gasteiger partial charge in [0, 0.05) is 18.4 Å². The average molecular weight is 269 g/mol. The first kappa shape index (κ1) is 14.7. The zero-order valence-electron chi connectivity index (χ0n) is 10.8. The molecule has 18 heavy (non-hydrogen) atoms. The Morgan fingerprint density at radius 1 is 1.33 bits per heavy atom. The third kappa shape index (κ3) is 5.82. The van der Waals surface area contributed by atoms with Crippen LogP contribution in [0.5, 0.6) is 0 Å². The summed E-state index contributed by atoms with van der Waals surface area (Å²) < 4.78 is 21.8. The van der Waals surface area contributed by atoms with E-state index in [4.69, 9.17) is 0 Å². The van der Waals surface area contributed by atoms with Gasteiger partial charge in [0.2, 0.25) is 5.91 Å². The molecule has 0 saturated carbocycles. The van der Waals surface area contributed by atoms with E-state index in [2.05, 4.69) is 5.32 Å². The number of hydrogen-bond acceptors (Lipinski definition) is 3. The molecule has 0 aliphatic heterocycles. The minimum absolute atomic E-state index is 0.0510. The molecule has 0 fully saturated rings. The van der Waals surface area contributed by atoms with Crippen LogP contribution in [0.25, 0.3) is 0 Å². The second kappa shape index (κ2) is 6.54. The molecular formula is C13H19NO3S. The lowest BCUT2D eigenvalue weighted by molar-refractivity contribution is -0.116. The van der Waals surface area contributed by atoms with E-state index in [0.717, 1.165) is 17.7 Å². The number of nitrogens with one attached hydrogen (secondary N) is 1. The van der Waals surface area contributed by atoms with Crippen molar-refractivity contribution in [3.63, 3.8) is 0 Å². The molecule has 0 saturated heterocycles. The van der Waals surface area contributed by atoms with E-state index >= 15 is 0 Å². The van der Waals surface area contributed by atoms with E-state index in [9.17, 15) is 13.2 Å². The lowest BCUT2D eigenvalue weighted by atomic mass is 10.1. The Hall–Kier alpha value is -1.36. The van der Waals surface area contributed by atoms with Crippen molar-refractivity contribution in [2.75, 3.05) is 17.3 Å². The molecule has 5 heteroatoms. The van der Waals surface area contributed by atoms with Gasteiger partial charge in [-0.3, -0.25) is 4.79 Å². The summed E-state index contributed by atoms with van der Waals surface area (Å²) in [5.41, 5.74) is 1.92. The van der Waals surface area contributed by atoms with E-state index in [1.807, 2.05) is 31.2 Å². The Labute approximate surface area is 108 Å². The third-order valence-electron chi connectivity index (χ3n) is 2.54. The van der Waals surface area contributed by atoms with Crippen molar-refractivity contribution in [1.82, 2.24) is 0 Å². The highest BCUT2D eigenvalue weighted by Crippen LogP contribution is 2.11. The van der Waals surface area contributed by atoms with Gasteiger partial charge < -0.3 is 5.32 Å². The summed E-state index contributed by atoms with van der Waals surface area (Å²) in [6.45, 7) is 2.05. The lowest BCUT2D eigenvalue weighted by Crippen LogP contribution is -2.13. The standard InChI is InChI=1S/C13H19NO3S/c1-3-11-6-4-7-12(10-11)14-13(15)8-5-9-18(2,16)17/h4,6-7,10H,3,5,8-9H2,1-2H3,(H,14,15). The molecule has 0 heterocycles. The maximum atomic E-state index is 11.6. The molecule has 0 aliphatic carbocycles. The van der Waals surface area contributed by atoms with Gasteiger partial charge in [-0.2, -0.15) is 0 Å². The van der Waals surface area contributed by atoms with Crippen molar-refractivity contribution in [2.45, 2.75) is 26.2 Å². The van der Waals surface area contributed by atoms with E-state index < -0.39 is 9.84 Å². The highest BCUT2D eigenvalue weighted by Gasteiger charge is 2.06. The Morgan fingerprint density at radius 3 is 2.67 bits per heavy atom. The van der Waals surface area contributed by atoms with Gasteiger partial charge in [0.1, 0.15) is 9.84 Å². The topological polar surface area (TPSA) is 63.2 Å². The fourth-order valence-electron chi connectivity index (χ4n) is 1.59. The van der Waals surface area contributed by atoms with Crippen LogP contribution in [-0.4, -0.2) is 26.3 Å². The second-order valence-corrected chi connectivity index (χ2v) is 6.60. The Balaban J connectivity index is 2.44. The van der Waals surface area contributed by atoms with E-state index in [1.54, 1.807) is 0 Å². The highest BCUT2D eigenvalue weighted by molar-refractivity contribution is 7.90. The monoisotopic (exact) mass is 269 g/mol. The number of carbonyl (C=O) groups excluding carboxylic acids is 1. The van der Waals surface area contributed by atoms with Gasteiger partial charge in [0.25, 0.3) is 0 Å². The van der Waals surface area contributed by atoms with E-state index in [0.29, 0.717) is 6.42 Å². The first-order chi connectivity index (χ1) is 8.40. The Bertz CT molecular complexity index is 509. The van der Waals surface area contributed by atoms with Gasteiger partial charge >= 0.3 is 0 Å². The van der Waals surface area contributed by atoms with Crippen LogP contribution in [0.15, 0.2) is 24.3 Å². The molecule has 0 atom stereocenters. The van der Waals surface area contributed by atoms with E-state index in [1.165, 1.54) is 6.26 Å². The maximum Gasteiger partial charge on any atom is 0.224 e. The summed E-state index contributed by atoms with van der Waals surface area (Å²) in [6, 6.07) is 7.65. The normalized spacial score (nSPS) is 11.2. The number of carbonyl (C=O) groups is 1. The number of sulfone groups is 1. The van der Waals surface area contributed by atoms with Crippen LogP contribution in [0.4, 0.5) is 5.69 Å². The number of anilines is 1. The maximum absolute atomic E-state index is 11.6. The molecule has 100 valence electrons. The fraction of sp³-hybridized carbons (Fsp3) is 0.462. The van der Waals surface area contributed by atoms with Gasteiger partial charge in [0.15, 0.2) is 0 Å². The molecule has 0 aromatic heterocycles. The van der Waals surface area contributed by atoms with Gasteiger partial charge in [-0.25, -0.2) is 8.42 Å². The largest absolute Gasteiger partial charge is 0.326 e. The zero-order valence-corrected chi connectivity index (χ0v) is 11.6. The van der Waals surface area contributed by atoms with E-state index in [-0.39, 0.29) is 18.1 Å². The highest BCUT2D eigenvalue weighted by atomic mass is 32.2. The second-order valence-electron chi connectivity index (χ2n) is 4.34. The van der Waals surface area contributed by atoms with Crippen LogP contribution in [0.1, 0.15) is 25.3 Å². The average Bonchev–Trinajstić information content (AvgIpc) is 2.27.